The van der Waals surface area contributed by atoms with Crippen molar-refractivity contribution in [2.75, 3.05) is 0 Å². The van der Waals surface area contributed by atoms with Crippen molar-refractivity contribution in [3.8, 4) is 0 Å². The van der Waals surface area contributed by atoms with Crippen LogP contribution in [0, 0.1) is 0 Å². The van der Waals surface area contributed by atoms with Gasteiger partial charge in [-0.25, -0.2) is 0 Å². The first-order valence-electron chi connectivity index (χ1n) is 7.42. The van der Waals surface area contributed by atoms with Crippen molar-refractivity contribution in [1.82, 2.24) is 4.98 Å². The summed E-state index contributed by atoms with van der Waals surface area (Å²) in [6, 6.07) is 6.09. The third-order valence-electron chi connectivity index (χ3n) is 3.33. The number of nitrogens with zero attached hydrogens (tertiary/aromatic N) is 1. The highest BCUT2D eigenvalue weighted by Gasteiger charge is 1.95. The maximum Gasteiger partial charge on any atom is 0.0655 e. The zero-order valence-electron chi connectivity index (χ0n) is 12.0. The average molecular weight is 245 g/mol. The predicted molar refractivity (Wildman–Crippen MR) is 80.5 cm³/mol. The van der Waals surface area contributed by atoms with Crippen molar-refractivity contribution in [2.24, 2.45) is 0 Å². The zero-order chi connectivity index (χ0) is 13.1. The molecule has 100 valence electrons. The summed E-state index contributed by atoms with van der Waals surface area (Å²) >= 11 is 0. The fourth-order valence-electron chi connectivity index (χ4n) is 2.12. The molecular formula is C17H27N. The predicted octanol–water partition coefficient (Wildman–Crippen LogP) is 5.63. The lowest BCUT2D eigenvalue weighted by Crippen LogP contribution is -1.84. The number of hydrogen-bond donors (Lipinski definition) is 0. The van der Waals surface area contributed by atoms with E-state index in [0.717, 1.165) is 5.69 Å². The Hall–Kier alpha value is -1.11. The molecule has 1 aromatic rings. The van der Waals surface area contributed by atoms with E-state index in [-0.39, 0.29) is 0 Å². The average Bonchev–Trinajstić information content (AvgIpc) is 2.42. The Morgan fingerprint density at radius 1 is 1.06 bits per heavy atom. The Labute approximate surface area is 112 Å². The molecule has 0 aromatic carbocycles. The van der Waals surface area contributed by atoms with Gasteiger partial charge in [-0.3, -0.25) is 4.98 Å². The third-order valence-corrected chi connectivity index (χ3v) is 3.33. The molecule has 1 nitrogen and oxygen atoms in total. The summed E-state index contributed by atoms with van der Waals surface area (Å²) in [6.45, 7) is 4.43. The number of allylic oxidation sites excluding steroid dienone is 2. The molecule has 0 saturated heterocycles. The van der Waals surface area contributed by atoms with Gasteiger partial charge >= 0.3 is 0 Å². The molecule has 1 rings (SSSR count). The lowest BCUT2D eigenvalue weighted by atomic mass is 10.1. The highest BCUT2D eigenvalue weighted by molar-refractivity contribution is 5.59. The smallest absolute Gasteiger partial charge is 0.0655 e. The van der Waals surface area contributed by atoms with Crippen molar-refractivity contribution >= 4 is 5.57 Å². The topological polar surface area (TPSA) is 12.9 Å². The first-order valence-corrected chi connectivity index (χ1v) is 7.42. The van der Waals surface area contributed by atoms with Gasteiger partial charge in [-0.05, 0) is 37.5 Å². The van der Waals surface area contributed by atoms with Gasteiger partial charge in [0.25, 0.3) is 0 Å². The van der Waals surface area contributed by atoms with Gasteiger partial charge < -0.3 is 0 Å². The molecule has 0 spiro atoms. The molecule has 0 aliphatic rings. The summed E-state index contributed by atoms with van der Waals surface area (Å²) in [4.78, 5) is 4.36. The van der Waals surface area contributed by atoms with Gasteiger partial charge in [0.1, 0.15) is 0 Å². The molecule has 0 amide bonds. The number of aromatic nitrogens is 1. The minimum absolute atomic E-state index is 1.11. The molecule has 0 atom stereocenters. The van der Waals surface area contributed by atoms with Crippen LogP contribution >= 0.6 is 0 Å². The fraction of sp³-hybridized carbons (Fsp3) is 0.588. The Bertz CT molecular complexity index is 327. The maximum absolute atomic E-state index is 4.36. The van der Waals surface area contributed by atoms with E-state index in [4.69, 9.17) is 0 Å². The van der Waals surface area contributed by atoms with E-state index in [2.05, 4.69) is 31.0 Å². The van der Waals surface area contributed by atoms with Crippen molar-refractivity contribution < 1.29 is 0 Å². The number of pyridine rings is 1. The van der Waals surface area contributed by atoms with Crippen LogP contribution in [-0.4, -0.2) is 4.98 Å². The van der Waals surface area contributed by atoms with Crippen LogP contribution < -0.4 is 0 Å². The van der Waals surface area contributed by atoms with Crippen LogP contribution in [0.25, 0.3) is 5.57 Å². The van der Waals surface area contributed by atoms with Gasteiger partial charge in [-0.15, -0.1) is 0 Å². The fourth-order valence-corrected chi connectivity index (χ4v) is 2.12. The monoisotopic (exact) mass is 245 g/mol. The normalized spacial score (nSPS) is 11.8. The van der Waals surface area contributed by atoms with E-state index in [0.29, 0.717) is 0 Å². The molecule has 0 saturated carbocycles. The molecule has 0 radical (unpaired) electrons. The summed E-state index contributed by atoms with van der Waals surface area (Å²) in [7, 11) is 0. The van der Waals surface area contributed by atoms with Gasteiger partial charge in [0, 0.05) is 6.20 Å². The van der Waals surface area contributed by atoms with Crippen LogP contribution in [-0.2, 0) is 0 Å². The summed E-state index contributed by atoms with van der Waals surface area (Å²) in [5.41, 5.74) is 2.42. The van der Waals surface area contributed by atoms with E-state index >= 15 is 0 Å². The lowest BCUT2D eigenvalue weighted by molar-refractivity contribution is 0.592. The molecular weight excluding hydrogens is 218 g/mol. The molecule has 0 aliphatic heterocycles. The Morgan fingerprint density at radius 3 is 2.44 bits per heavy atom. The second kappa shape index (κ2) is 9.87. The van der Waals surface area contributed by atoms with Gasteiger partial charge in [-0.1, -0.05) is 57.6 Å². The summed E-state index contributed by atoms with van der Waals surface area (Å²) in [5, 5.41) is 0. The van der Waals surface area contributed by atoms with Crippen LogP contribution in [0.15, 0.2) is 30.5 Å². The third kappa shape index (κ3) is 6.58. The van der Waals surface area contributed by atoms with Crippen LogP contribution in [0.3, 0.4) is 0 Å². The molecule has 1 heteroatoms. The Kier molecular flexibility index (Phi) is 8.20. The highest BCUT2D eigenvalue weighted by atomic mass is 14.7. The van der Waals surface area contributed by atoms with E-state index in [1.807, 2.05) is 18.3 Å². The summed E-state index contributed by atoms with van der Waals surface area (Å²) < 4.78 is 0. The molecule has 0 bridgehead atoms. The molecule has 18 heavy (non-hydrogen) atoms. The number of unbranched alkanes of at least 4 members (excludes halogenated alkanes) is 7. The second-order valence-corrected chi connectivity index (χ2v) is 5.01. The highest BCUT2D eigenvalue weighted by Crippen LogP contribution is 2.13. The van der Waals surface area contributed by atoms with E-state index in [1.54, 1.807) is 0 Å². The Balaban J connectivity index is 2.10. The SMILES string of the molecule is CCCCCCCCCC=C(C)c1ccccn1. The molecule has 1 heterocycles. The van der Waals surface area contributed by atoms with E-state index in [9.17, 15) is 0 Å². The van der Waals surface area contributed by atoms with Crippen molar-refractivity contribution in [3.05, 3.63) is 36.2 Å². The van der Waals surface area contributed by atoms with E-state index < -0.39 is 0 Å². The van der Waals surface area contributed by atoms with E-state index in [1.165, 1.54) is 56.9 Å². The van der Waals surface area contributed by atoms with Crippen LogP contribution in [0.5, 0.6) is 0 Å². The number of rotatable bonds is 9. The molecule has 1 aromatic heterocycles. The molecule has 0 aliphatic carbocycles. The Morgan fingerprint density at radius 2 is 1.78 bits per heavy atom. The minimum Gasteiger partial charge on any atom is -0.257 e. The zero-order valence-corrected chi connectivity index (χ0v) is 12.0. The van der Waals surface area contributed by atoms with Gasteiger partial charge in [0.15, 0.2) is 0 Å². The van der Waals surface area contributed by atoms with Gasteiger partial charge in [0.05, 0.1) is 5.69 Å². The van der Waals surface area contributed by atoms with Crippen molar-refractivity contribution in [2.45, 2.75) is 65.2 Å². The molecule has 0 N–H and O–H groups in total. The number of hydrogen-bond acceptors (Lipinski definition) is 1. The van der Waals surface area contributed by atoms with Gasteiger partial charge in [-0.2, -0.15) is 0 Å². The van der Waals surface area contributed by atoms with Crippen LogP contribution in [0.2, 0.25) is 0 Å². The van der Waals surface area contributed by atoms with Crippen LogP contribution in [0.4, 0.5) is 0 Å². The lowest BCUT2D eigenvalue weighted by Gasteiger charge is -2.01. The minimum atomic E-state index is 1.11. The van der Waals surface area contributed by atoms with Crippen LogP contribution in [0.1, 0.15) is 70.9 Å². The molecule has 0 unspecified atom stereocenters. The van der Waals surface area contributed by atoms with Crippen molar-refractivity contribution in [3.63, 3.8) is 0 Å². The quantitative estimate of drug-likeness (QED) is 0.514. The standard InChI is InChI=1S/C17H27N/c1-3-4-5-6-7-8-9-10-13-16(2)17-14-11-12-15-18-17/h11-15H,3-10H2,1-2H3. The largest absolute Gasteiger partial charge is 0.257 e. The maximum atomic E-state index is 4.36. The summed E-state index contributed by atoms with van der Waals surface area (Å²) in [6.07, 6.45) is 15.0. The van der Waals surface area contributed by atoms with Crippen molar-refractivity contribution in [1.29, 1.82) is 0 Å². The first kappa shape index (κ1) is 14.9. The van der Waals surface area contributed by atoms with Gasteiger partial charge in [0.2, 0.25) is 0 Å². The second-order valence-electron chi connectivity index (χ2n) is 5.01. The first-order chi connectivity index (χ1) is 8.84. The summed E-state index contributed by atoms with van der Waals surface area (Å²) in [5.74, 6) is 0. The molecule has 0 fully saturated rings.